The molecule has 0 saturated carbocycles. The number of sulfone groups is 1. The first kappa shape index (κ1) is 16.5. The number of nitrogens with one attached hydrogen (secondary N) is 1. The Morgan fingerprint density at radius 3 is 1.91 bits per heavy atom. The number of sulfonamides is 1. The summed E-state index contributed by atoms with van der Waals surface area (Å²) in [6.07, 6.45) is 1.07. The second-order valence-electron chi connectivity index (χ2n) is 5.10. The largest absolute Gasteiger partial charge is 0.279 e. The van der Waals surface area contributed by atoms with E-state index in [1.165, 1.54) is 24.3 Å². The van der Waals surface area contributed by atoms with E-state index in [1.807, 2.05) is 19.9 Å². The van der Waals surface area contributed by atoms with Gasteiger partial charge in [0.15, 0.2) is 9.84 Å². The fourth-order valence-corrected chi connectivity index (χ4v) is 3.68. The molecule has 0 heterocycles. The van der Waals surface area contributed by atoms with Gasteiger partial charge in [-0.15, -0.1) is 0 Å². The van der Waals surface area contributed by atoms with Gasteiger partial charge >= 0.3 is 0 Å². The van der Waals surface area contributed by atoms with Crippen molar-refractivity contribution in [1.82, 2.24) is 0 Å². The molecule has 22 heavy (non-hydrogen) atoms. The van der Waals surface area contributed by atoms with Crippen molar-refractivity contribution in [2.24, 2.45) is 0 Å². The second-order valence-corrected chi connectivity index (χ2v) is 8.79. The smallest absolute Gasteiger partial charge is 0.261 e. The third-order valence-corrected chi connectivity index (χ3v) is 5.92. The van der Waals surface area contributed by atoms with E-state index in [1.54, 1.807) is 12.1 Å². The molecule has 0 atom stereocenters. The standard InChI is InChI=1S/C15H17NO4S2/c1-11-5-4-6-15(12(11)2)16-22(19,20)14-9-7-13(8-10-14)21(3,17)18/h4-10,16H,1-3H3. The van der Waals surface area contributed by atoms with Crippen LogP contribution in [0.1, 0.15) is 11.1 Å². The van der Waals surface area contributed by atoms with Gasteiger partial charge in [0.2, 0.25) is 0 Å². The van der Waals surface area contributed by atoms with Crippen LogP contribution in [-0.4, -0.2) is 23.1 Å². The lowest BCUT2D eigenvalue weighted by Gasteiger charge is -2.12. The van der Waals surface area contributed by atoms with Gasteiger partial charge in [0, 0.05) is 6.26 Å². The van der Waals surface area contributed by atoms with Crippen LogP contribution in [0.25, 0.3) is 0 Å². The molecule has 7 heteroatoms. The second kappa shape index (κ2) is 5.73. The zero-order chi connectivity index (χ0) is 16.5. The molecule has 2 aromatic rings. The summed E-state index contributed by atoms with van der Waals surface area (Å²) < 4.78 is 50.1. The Morgan fingerprint density at radius 1 is 0.818 bits per heavy atom. The molecular formula is C15H17NO4S2. The Morgan fingerprint density at radius 2 is 1.36 bits per heavy atom. The van der Waals surface area contributed by atoms with E-state index in [9.17, 15) is 16.8 Å². The van der Waals surface area contributed by atoms with Crippen LogP contribution in [0.4, 0.5) is 5.69 Å². The van der Waals surface area contributed by atoms with Crippen LogP contribution in [0.3, 0.4) is 0 Å². The van der Waals surface area contributed by atoms with Gasteiger partial charge in [0.05, 0.1) is 15.5 Å². The molecule has 0 radical (unpaired) electrons. The molecule has 0 amide bonds. The third kappa shape index (κ3) is 3.48. The zero-order valence-corrected chi connectivity index (χ0v) is 14.1. The molecule has 0 saturated heterocycles. The average Bonchev–Trinajstić information content (AvgIpc) is 2.43. The highest BCUT2D eigenvalue weighted by Crippen LogP contribution is 2.22. The summed E-state index contributed by atoms with van der Waals surface area (Å²) >= 11 is 0. The average molecular weight is 339 g/mol. The van der Waals surface area contributed by atoms with Crippen LogP contribution in [0.2, 0.25) is 0 Å². The molecule has 2 aromatic carbocycles. The normalized spacial score (nSPS) is 12.1. The number of hydrogen-bond acceptors (Lipinski definition) is 4. The predicted molar refractivity (Wildman–Crippen MR) is 86.3 cm³/mol. The maximum Gasteiger partial charge on any atom is 0.261 e. The highest BCUT2D eigenvalue weighted by molar-refractivity contribution is 7.92. The van der Waals surface area contributed by atoms with E-state index >= 15 is 0 Å². The van der Waals surface area contributed by atoms with Crippen molar-refractivity contribution in [1.29, 1.82) is 0 Å². The topological polar surface area (TPSA) is 80.3 Å². The van der Waals surface area contributed by atoms with Gasteiger partial charge in [0.1, 0.15) is 0 Å². The molecule has 0 aromatic heterocycles. The molecule has 0 aliphatic heterocycles. The summed E-state index contributed by atoms with van der Waals surface area (Å²) in [4.78, 5) is 0.0963. The minimum atomic E-state index is -3.76. The number of hydrogen-bond donors (Lipinski definition) is 1. The van der Waals surface area contributed by atoms with Crippen LogP contribution in [0, 0.1) is 13.8 Å². The van der Waals surface area contributed by atoms with Crippen molar-refractivity contribution < 1.29 is 16.8 Å². The summed E-state index contributed by atoms with van der Waals surface area (Å²) in [5, 5.41) is 0. The summed E-state index contributed by atoms with van der Waals surface area (Å²) in [7, 11) is -7.11. The first-order chi connectivity index (χ1) is 10.1. The molecule has 1 N–H and O–H groups in total. The molecular weight excluding hydrogens is 322 g/mol. The van der Waals surface area contributed by atoms with E-state index in [0.717, 1.165) is 17.4 Å². The quantitative estimate of drug-likeness (QED) is 0.928. The van der Waals surface area contributed by atoms with E-state index in [-0.39, 0.29) is 9.79 Å². The molecule has 0 unspecified atom stereocenters. The van der Waals surface area contributed by atoms with Gasteiger partial charge in [0.25, 0.3) is 10.0 Å². The number of rotatable bonds is 4. The molecule has 0 aliphatic rings. The molecule has 0 aliphatic carbocycles. The summed E-state index contributed by atoms with van der Waals surface area (Å²) in [5.74, 6) is 0. The van der Waals surface area contributed by atoms with Crippen molar-refractivity contribution in [3.05, 3.63) is 53.6 Å². The first-order valence-electron chi connectivity index (χ1n) is 6.50. The fraction of sp³-hybridized carbons (Fsp3) is 0.200. The van der Waals surface area contributed by atoms with Crippen molar-refractivity contribution in [3.63, 3.8) is 0 Å². The van der Waals surface area contributed by atoms with Crippen LogP contribution in [-0.2, 0) is 19.9 Å². The van der Waals surface area contributed by atoms with E-state index in [0.29, 0.717) is 5.69 Å². The minimum Gasteiger partial charge on any atom is -0.279 e. The van der Waals surface area contributed by atoms with E-state index < -0.39 is 19.9 Å². The van der Waals surface area contributed by atoms with Crippen molar-refractivity contribution in [3.8, 4) is 0 Å². The van der Waals surface area contributed by atoms with Crippen molar-refractivity contribution >= 4 is 25.5 Å². The van der Waals surface area contributed by atoms with Crippen LogP contribution >= 0.6 is 0 Å². The van der Waals surface area contributed by atoms with Crippen LogP contribution < -0.4 is 4.72 Å². The van der Waals surface area contributed by atoms with Gasteiger partial charge in [-0.2, -0.15) is 0 Å². The molecule has 0 bridgehead atoms. The zero-order valence-electron chi connectivity index (χ0n) is 12.5. The maximum absolute atomic E-state index is 12.4. The highest BCUT2D eigenvalue weighted by Gasteiger charge is 2.17. The van der Waals surface area contributed by atoms with Crippen molar-refractivity contribution in [2.45, 2.75) is 23.6 Å². The molecule has 118 valence electrons. The van der Waals surface area contributed by atoms with Crippen LogP contribution in [0.5, 0.6) is 0 Å². The van der Waals surface area contributed by atoms with E-state index in [4.69, 9.17) is 0 Å². The van der Waals surface area contributed by atoms with Crippen LogP contribution in [0.15, 0.2) is 52.3 Å². The Balaban J connectivity index is 2.37. The van der Waals surface area contributed by atoms with E-state index in [2.05, 4.69) is 4.72 Å². The minimum absolute atomic E-state index is 0.0146. The van der Waals surface area contributed by atoms with Gasteiger partial charge in [-0.05, 0) is 55.3 Å². The summed E-state index contributed by atoms with van der Waals surface area (Å²) in [5.41, 5.74) is 2.33. The van der Waals surface area contributed by atoms with Gasteiger partial charge in [-0.25, -0.2) is 16.8 Å². The molecule has 5 nitrogen and oxygen atoms in total. The van der Waals surface area contributed by atoms with Crippen molar-refractivity contribution in [2.75, 3.05) is 11.0 Å². The lowest BCUT2D eigenvalue weighted by atomic mass is 10.1. The van der Waals surface area contributed by atoms with Gasteiger partial charge < -0.3 is 0 Å². The SMILES string of the molecule is Cc1cccc(NS(=O)(=O)c2ccc(S(C)(=O)=O)cc2)c1C. The Bertz CT molecular complexity index is 899. The Kier molecular flexibility index (Phi) is 4.30. The Hall–Kier alpha value is -1.86. The lowest BCUT2D eigenvalue weighted by Crippen LogP contribution is -2.14. The number of anilines is 1. The third-order valence-electron chi connectivity index (χ3n) is 3.41. The van der Waals surface area contributed by atoms with Gasteiger partial charge in [-0.1, -0.05) is 12.1 Å². The first-order valence-corrected chi connectivity index (χ1v) is 9.88. The fourth-order valence-electron chi connectivity index (χ4n) is 1.93. The molecule has 2 rings (SSSR count). The number of benzene rings is 2. The highest BCUT2D eigenvalue weighted by atomic mass is 32.2. The summed E-state index contributed by atoms with van der Waals surface area (Å²) in [6, 6.07) is 10.5. The lowest BCUT2D eigenvalue weighted by molar-refractivity contribution is 0.597. The molecule has 0 fully saturated rings. The predicted octanol–water partition coefficient (Wildman–Crippen LogP) is 2.51. The summed E-state index contributed by atoms with van der Waals surface area (Å²) in [6.45, 7) is 3.73. The maximum atomic E-state index is 12.4. The number of aryl methyl sites for hydroxylation is 1. The molecule has 0 spiro atoms. The Labute approximate surface area is 131 Å². The monoisotopic (exact) mass is 339 g/mol. The van der Waals surface area contributed by atoms with Gasteiger partial charge in [-0.3, -0.25) is 4.72 Å².